The molecule has 100 valence electrons. The molecule has 0 saturated heterocycles. The lowest BCUT2D eigenvalue weighted by molar-refractivity contribution is 0.0961. The summed E-state index contributed by atoms with van der Waals surface area (Å²) in [6.45, 7) is 4.00. The van der Waals surface area contributed by atoms with Gasteiger partial charge in [0.05, 0.1) is 5.69 Å². The van der Waals surface area contributed by atoms with Gasteiger partial charge >= 0.3 is 0 Å². The minimum absolute atomic E-state index is 0.0753. The Morgan fingerprint density at radius 2 is 1.79 bits per heavy atom. The van der Waals surface area contributed by atoms with Crippen LogP contribution in [0.15, 0.2) is 47.4 Å². The second kappa shape index (κ2) is 7.10. The fraction of sp³-hybridized carbons (Fsp3) is 0.214. The first-order chi connectivity index (χ1) is 9.24. The number of para-hydroxylation sites is 1. The highest BCUT2D eigenvalue weighted by Crippen LogP contribution is 2.02. The number of hydrogen-bond donors (Lipinski definition) is 1. The van der Waals surface area contributed by atoms with E-state index < -0.39 is 11.5 Å². The predicted octanol–water partition coefficient (Wildman–Crippen LogP) is 1.62. The van der Waals surface area contributed by atoms with Crippen molar-refractivity contribution in [1.82, 2.24) is 15.1 Å². The van der Waals surface area contributed by atoms with Crippen molar-refractivity contribution in [1.29, 1.82) is 0 Å². The number of carbonyl (C=O) groups is 1. The second-order valence-corrected chi connectivity index (χ2v) is 3.38. The Kier molecular flexibility index (Phi) is 5.47. The lowest BCUT2D eigenvalue weighted by Gasteiger charge is -2.05. The molecule has 0 unspecified atom stereocenters. The quantitative estimate of drug-likeness (QED) is 0.891. The van der Waals surface area contributed by atoms with E-state index in [9.17, 15) is 9.59 Å². The molecule has 0 bridgehead atoms. The van der Waals surface area contributed by atoms with Gasteiger partial charge in [-0.15, -0.1) is 0 Å². The zero-order valence-electron chi connectivity index (χ0n) is 11.3. The van der Waals surface area contributed by atoms with Crippen LogP contribution in [0.1, 0.15) is 24.2 Å². The second-order valence-electron chi connectivity index (χ2n) is 3.38. The molecule has 0 spiro atoms. The Bertz CT molecular complexity index is 591. The maximum absolute atomic E-state index is 12.0. The molecule has 0 aliphatic carbocycles. The van der Waals surface area contributed by atoms with Gasteiger partial charge in [0.15, 0.2) is 0 Å². The fourth-order valence-corrected chi connectivity index (χ4v) is 1.47. The molecule has 0 radical (unpaired) electrons. The van der Waals surface area contributed by atoms with Crippen molar-refractivity contribution in [3.8, 4) is 5.69 Å². The number of amides is 1. The van der Waals surface area contributed by atoms with E-state index in [-0.39, 0.29) is 5.56 Å². The number of rotatable bonds is 2. The van der Waals surface area contributed by atoms with Crippen molar-refractivity contribution in [2.75, 3.05) is 7.05 Å². The van der Waals surface area contributed by atoms with E-state index in [2.05, 4.69) is 10.4 Å². The maximum Gasteiger partial charge on any atom is 0.284 e. The van der Waals surface area contributed by atoms with Crippen LogP contribution in [-0.4, -0.2) is 22.7 Å². The van der Waals surface area contributed by atoms with Crippen LogP contribution in [0.5, 0.6) is 0 Å². The van der Waals surface area contributed by atoms with E-state index >= 15 is 0 Å². The summed E-state index contributed by atoms with van der Waals surface area (Å²) >= 11 is 0. The molecule has 1 aromatic carbocycles. The topological polar surface area (TPSA) is 64.0 Å². The summed E-state index contributed by atoms with van der Waals surface area (Å²) in [7, 11) is 1.48. The van der Waals surface area contributed by atoms with Crippen LogP contribution in [0.4, 0.5) is 0 Å². The van der Waals surface area contributed by atoms with Crippen LogP contribution in [0.3, 0.4) is 0 Å². The highest BCUT2D eigenvalue weighted by molar-refractivity contribution is 5.93. The molecule has 1 amide bonds. The first kappa shape index (κ1) is 14.6. The van der Waals surface area contributed by atoms with E-state index in [0.717, 1.165) is 0 Å². The van der Waals surface area contributed by atoms with Gasteiger partial charge in [-0.25, -0.2) is 0 Å². The Balaban J connectivity index is 0.000000861. The highest BCUT2D eigenvalue weighted by Gasteiger charge is 2.11. The van der Waals surface area contributed by atoms with Gasteiger partial charge in [0, 0.05) is 13.2 Å². The third-order valence-electron chi connectivity index (χ3n) is 2.32. The molecule has 2 rings (SSSR count). The smallest absolute Gasteiger partial charge is 0.284 e. The molecule has 2 aromatic rings. The molecule has 1 N–H and O–H groups in total. The minimum atomic E-state index is -0.432. The molecule has 0 aliphatic heterocycles. The van der Waals surface area contributed by atoms with Crippen molar-refractivity contribution >= 4 is 5.91 Å². The molecule has 0 saturated carbocycles. The number of nitrogens with one attached hydrogen (secondary N) is 1. The standard InChI is InChI=1S/C12H11N3O2.C2H6/c1-13-11(16)10-7-8-14-15(12(10)17)9-5-3-2-4-6-9;1-2/h2-8H,1H3,(H,13,16);1-2H3. The molecule has 0 aliphatic rings. The fourth-order valence-electron chi connectivity index (χ4n) is 1.47. The molecule has 1 aromatic heterocycles. The number of carbonyl (C=O) groups excluding carboxylic acids is 1. The maximum atomic E-state index is 12.0. The third kappa shape index (κ3) is 3.28. The summed E-state index contributed by atoms with van der Waals surface area (Å²) < 4.78 is 1.20. The van der Waals surface area contributed by atoms with Crippen molar-refractivity contribution in [2.24, 2.45) is 0 Å². The molecule has 5 heteroatoms. The summed E-state index contributed by atoms with van der Waals surface area (Å²) in [5.74, 6) is -0.415. The molecular formula is C14H17N3O2. The van der Waals surface area contributed by atoms with Crippen molar-refractivity contribution in [3.63, 3.8) is 0 Å². The van der Waals surface area contributed by atoms with Gasteiger partial charge in [-0.3, -0.25) is 9.59 Å². The van der Waals surface area contributed by atoms with Crippen LogP contribution >= 0.6 is 0 Å². The molecule has 1 heterocycles. The monoisotopic (exact) mass is 259 g/mol. The Morgan fingerprint density at radius 3 is 2.37 bits per heavy atom. The van der Waals surface area contributed by atoms with E-state index in [1.54, 1.807) is 24.3 Å². The van der Waals surface area contributed by atoms with Crippen molar-refractivity contribution < 1.29 is 4.79 Å². The zero-order valence-corrected chi connectivity index (χ0v) is 11.3. The van der Waals surface area contributed by atoms with Crippen LogP contribution in [-0.2, 0) is 0 Å². The average Bonchev–Trinajstić information content (AvgIpc) is 2.49. The first-order valence-corrected chi connectivity index (χ1v) is 6.10. The predicted molar refractivity (Wildman–Crippen MR) is 74.6 cm³/mol. The SMILES string of the molecule is CC.CNC(=O)c1ccnn(-c2ccccc2)c1=O. The average molecular weight is 259 g/mol. The summed E-state index contributed by atoms with van der Waals surface area (Å²) in [5.41, 5.74) is 0.271. The van der Waals surface area contributed by atoms with E-state index in [1.165, 1.54) is 24.0 Å². The number of benzene rings is 1. The van der Waals surface area contributed by atoms with Gasteiger partial charge in [0.2, 0.25) is 0 Å². The van der Waals surface area contributed by atoms with Gasteiger partial charge in [-0.1, -0.05) is 32.0 Å². The minimum Gasteiger partial charge on any atom is -0.355 e. The van der Waals surface area contributed by atoms with E-state index in [0.29, 0.717) is 5.69 Å². The van der Waals surface area contributed by atoms with Crippen LogP contribution in [0.25, 0.3) is 5.69 Å². The normalized spacial score (nSPS) is 9.21. The van der Waals surface area contributed by atoms with Crippen LogP contribution in [0.2, 0.25) is 0 Å². The third-order valence-corrected chi connectivity index (χ3v) is 2.32. The van der Waals surface area contributed by atoms with Gasteiger partial charge in [0.1, 0.15) is 5.56 Å². The number of nitrogens with zero attached hydrogens (tertiary/aromatic N) is 2. The number of hydrogen-bond acceptors (Lipinski definition) is 3. The van der Waals surface area contributed by atoms with Gasteiger partial charge in [-0.05, 0) is 18.2 Å². The van der Waals surface area contributed by atoms with Gasteiger partial charge in [0.25, 0.3) is 11.5 Å². The van der Waals surface area contributed by atoms with Crippen molar-refractivity contribution in [3.05, 3.63) is 58.5 Å². The Labute approximate surface area is 111 Å². The molecule has 0 atom stereocenters. The van der Waals surface area contributed by atoms with E-state index in [4.69, 9.17) is 0 Å². The van der Waals surface area contributed by atoms with Gasteiger partial charge in [-0.2, -0.15) is 9.78 Å². The van der Waals surface area contributed by atoms with Crippen LogP contribution < -0.4 is 10.9 Å². The molecule has 19 heavy (non-hydrogen) atoms. The Morgan fingerprint density at radius 1 is 1.16 bits per heavy atom. The largest absolute Gasteiger partial charge is 0.355 e. The molecule has 5 nitrogen and oxygen atoms in total. The number of aromatic nitrogens is 2. The van der Waals surface area contributed by atoms with Crippen LogP contribution in [0, 0.1) is 0 Å². The van der Waals surface area contributed by atoms with Gasteiger partial charge < -0.3 is 5.32 Å². The summed E-state index contributed by atoms with van der Waals surface area (Å²) in [5, 5.41) is 6.37. The Hall–Kier alpha value is -2.43. The lowest BCUT2D eigenvalue weighted by atomic mass is 10.2. The molecular weight excluding hydrogens is 242 g/mol. The lowest BCUT2D eigenvalue weighted by Crippen LogP contribution is -2.31. The van der Waals surface area contributed by atoms with Crippen molar-refractivity contribution in [2.45, 2.75) is 13.8 Å². The first-order valence-electron chi connectivity index (χ1n) is 6.10. The summed E-state index contributed by atoms with van der Waals surface area (Å²) in [6.07, 6.45) is 1.43. The summed E-state index contributed by atoms with van der Waals surface area (Å²) in [6, 6.07) is 10.4. The zero-order chi connectivity index (χ0) is 14.3. The molecule has 0 fully saturated rings. The summed E-state index contributed by atoms with van der Waals surface area (Å²) in [4.78, 5) is 23.5. The van der Waals surface area contributed by atoms with E-state index in [1.807, 2.05) is 19.9 Å². The highest BCUT2D eigenvalue weighted by atomic mass is 16.2.